The van der Waals surface area contributed by atoms with Crippen LogP contribution in [0.2, 0.25) is 5.02 Å². The predicted molar refractivity (Wildman–Crippen MR) is 126 cm³/mol. The Morgan fingerprint density at radius 1 is 1.20 bits per heavy atom. The summed E-state index contributed by atoms with van der Waals surface area (Å²) in [6.45, 7) is 3.71. The maximum absolute atomic E-state index is 13.7. The highest BCUT2D eigenvalue weighted by atomic mass is 35.5. The summed E-state index contributed by atoms with van der Waals surface area (Å²) in [4.78, 5) is 52.9. The molecule has 1 aromatic heterocycles. The summed E-state index contributed by atoms with van der Waals surface area (Å²) < 4.78 is 13.7. The van der Waals surface area contributed by atoms with E-state index in [0.29, 0.717) is 18.2 Å². The van der Waals surface area contributed by atoms with E-state index in [-0.39, 0.29) is 34.5 Å². The molecule has 0 spiro atoms. The number of hydrogen-bond donors (Lipinski definition) is 5. The van der Waals surface area contributed by atoms with Crippen molar-refractivity contribution in [2.45, 2.75) is 63.6 Å². The van der Waals surface area contributed by atoms with Crippen LogP contribution in [-0.4, -0.2) is 51.4 Å². The number of amides is 3. The second-order valence-corrected chi connectivity index (χ2v) is 10.5. The first-order valence-electron chi connectivity index (χ1n) is 11.6. The van der Waals surface area contributed by atoms with E-state index < -0.39 is 47.1 Å². The van der Waals surface area contributed by atoms with Crippen LogP contribution in [-0.2, 0) is 14.4 Å². The molecule has 2 heterocycles. The van der Waals surface area contributed by atoms with E-state index in [9.17, 15) is 28.7 Å². The summed E-state index contributed by atoms with van der Waals surface area (Å²) in [7, 11) is 0. The lowest BCUT2D eigenvalue weighted by molar-refractivity contribution is -0.142. The Kier molecular flexibility index (Phi) is 6.77. The Morgan fingerprint density at radius 2 is 1.91 bits per heavy atom. The molecule has 3 atom stereocenters. The minimum atomic E-state index is -1.28. The van der Waals surface area contributed by atoms with Crippen molar-refractivity contribution >= 4 is 46.2 Å². The quantitative estimate of drug-likeness (QED) is 0.355. The summed E-state index contributed by atoms with van der Waals surface area (Å²) >= 11 is 5.98. The number of H-pyrrole nitrogens is 1. The summed E-state index contributed by atoms with van der Waals surface area (Å²) in [6, 6.07) is 1.94. The summed E-state index contributed by atoms with van der Waals surface area (Å²) in [6.07, 6.45) is 2.60. The molecule has 3 amide bonds. The summed E-state index contributed by atoms with van der Waals surface area (Å²) in [5, 5.41) is 18.1. The molecule has 1 aliphatic carbocycles. The summed E-state index contributed by atoms with van der Waals surface area (Å²) in [5.41, 5.74) is -0.0765. The van der Waals surface area contributed by atoms with Gasteiger partial charge in [0.15, 0.2) is 0 Å². The molecule has 1 aromatic carbocycles. The SMILES string of the molecule is CC1(C)C[C@@H](C[C@H](NC(=O)[C@H](CC2CC2)NC(=O)c2cc3ccc(F)c(Cl)c3[nH]2)C(=O)O)C(=O)N1. The molecule has 9 nitrogen and oxygen atoms in total. The van der Waals surface area contributed by atoms with Crippen LogP contribution >= 0.6 is 11.6 Å². The van der Waals surface area contributed by atoms with Crippen LogP contribution in [0.4, 0.5) is 4.39 Å². The number of carbonyl (C=O) groups is 4. The Balaban J connectivity index is 1.46. The molecule has 2 aromatic rings. The third-order valence-corrected chi connectivity index (χ3v) is 6.91. The molecule has 5 N–H and O–H groups in total. The molecule has 2 fully saturated rings. The van der Waals surface area contributed by atoms with Crippen molar-refractivity contribution in [3.63, 3.8) is 0 Å². The number of benzene rings is 1. The highest BCUT2D eigenvalue weighted by molar-refractivity contribution is 6.35. The molecule has 2 aliphatic rings. The third-order valence-electron chi connectivity index (χ3n) is 6.54. The number of nitrogens with one attached hydrogen (secondary N) is 4. The van der Waals surface area contributed by atoms with Crippen LogP contribution in [0.25, 0.3) is 10.9 Å². The van der Waals surface area contributed by atoms with Crippen LogP contribution in [0.5, 0.6) is 0 Å². The zero-order valence-electron chi connectivity index (χ0n) is 19.4. The van der Waals surface area contributed by atoms with Crippen molar-refractivity contribution in [1.82, 2.24) is 20.9 Å². The fourth-order valence-electron chi connectivity index (χ4n) is 4.58. The average Bonchev–Trinajstić information content (AvgIpc) is 3.41. The van der Waals surface area contributed by atoms with Crippen molar-refractivity contribution < 1.29 is 28.7 Å². The lowest BCUT2D eigenvalue weighted by Crippen LogP contribution is -2.52. The molecular formula is C24H28ClFN4O5. The first-order valence-corrected chi connectivity index (χ1v) is 11.9. The average molecular weight is 507 g/mol. The monoisotopic (exact) mass is 506 g/mol. The van der Waals surface area contributed by atoms with E-state index >= 15 is 0 Å². The van der Waals surface area contributed by atoms with E-state index in [1.54, 1.807) is 0 Å². The number of fused-ring (bicyclic) bond motifs is 1. The van der Waals surface area contributed by atoms with Crippen molar-refractivity contribution in [2.75, 3.05) is 0 Å². The van der Waals surface area contributed by atoms with Crippen LogP contribution < -0.4 is 16.0 Å². The fraction of sp³-hybridized carbons (Fsp3) is 0.500. The fourth-order valence-corrected chi connectivity index (χ4v) is 4.80. The lowest BCUT2D eigenvalue weighted by atomic mass is 9.91. The molecule has 4 rings (SSSR count). The molecule has 188 valence electrons. The van der Waals surface area contributed by atoms with Crippen LogP contribution in [0, 0.1) is 17.7 Å². The Morgan fingerprint density at radius 3 is 2.51 bits per heavy atom. The summed E-state index contributed by atoms with van der Waals surface area (Å²) in [5.74, 6) is -3.64. The zero-order chi connectivity index (χ0) is 25.5. The van der Waals surface area contributed by atoms with Crippen molar-refractivity contribution in [3.8, 4) is 0 Å². The molecule has 35 heavy (non-hydrogen) atoms. The number of halogens is 2. The van der Waals surface area contributed by atoms with E-state index in [2.05, 4.69) is 20.9 Å². The normalized spacial score (nSPS) is 20.8. The smallest absolute Gasteiger partial charge is 0.326 e. The van der Waals surface area contributed by atoms with Crippen molar-refractivity contribution in [2.24, 2.45) is 11.8 Å². The van der Waals surface area contributed by atoms with Gasteiger partial charge in [0.25, 0.3) is 5.91 Å². The Labute approximate surface area is 206 Å². The van der Waals surface area contributed by atoms with Gasteiger partial charge in [-0.15, -0.1) is 0 Å². The van der Waals surface area contributed by atoms with E-state index in [0.717, 1.165) is 12.8 Å². The second kappa shape index (κ2) is 9.49. The van der Waals surface area contributed by atoms with Gasteiger partial charge in [-0.2, -0.15) is 0 Å². The number of rotatable bonds is 9. The van der Waals surface area contributed by atoms with Gasteiger partial charge in [0.1, 0.15) is 28.6 Å². The number of aliphatic carboxylic acids is 1. The van der Waals surface area contributed by atoms with Gasteiger partial charge in [0.2, 0.25) is 11.8 Å². The molecule has 1 saturated heterocycles. The van der Waals surface area contributed by atoms with Crippen molar-refractivity contribution in [1.29, 1.82) is 0 Å². The van der Waals surface area contributed by atoms with E-state index in [1.165, 1.54) is 18.2 Å². The van der Waals surface area contributed by atoms with E-state index in [4.69, 9.17) is 11.6 Å². The largest absolute Gasteiger partial charge is 0.480 e. The van der Waals surface area contributed by atoms with Crippen LogP contribution in [0.15, 0.2) is 18.2 Å². The highest BCUT2D eigenvalue weighted by Gasteiger charge is 2.40. The maximum atomic E-state index is 13.7. The minimum Gasteiger partial charge on any atom is -0.480 e. The number of carboxylic acid groups (broad SMARTS) is 1. The van der Waals surface area contributed by atoms with Gasteiger partial charge in [-0.1, -0.05) is 24.4 Å². The van der Waals surface area contributed by atoms with Crippen molar-refractivity contribution in [3.05, 3.63) is 34.7 Å². The highest BCUT2D eigenvalue weighted by Crippen LogP contribution is 2.34. The number of carboxylic acids is 1. The molecular weight excluding hydrogens is 479 g/mol. The molecule has 1 aliphatic heterocycles. The number of aromatic nitrogens is 1. The zero-order valence-corrected chi connectivity index (χ0v) is 20.2. The van der Waals surface area contributed by atoms with Crippen LogP contribution in [0.3, 0.4) is 0 Å². The Hall–Kier alpha value is -3.14. The van der Waals surface area contributed by atoms with Gasteiger partial charge < -0.3 is 26.0 Å². The maximum Gasteiger partial charge on any atom is 0.326 e. The topological polar surface area (TPSA) is 140 Å². The molecule has 0 radical (unpaired) electrons. The van der Waals surface area contributed by atoms with Gasteiger partial charge in [-0.25, -0.2) is 9.18 Å². The van der Waals surface area contributed by atoms with Crippen LogP contribution in [0.1, 0.15) is 56.4 Å². The molecule has 11 heteroatoms. The second-order valence-electron chi connectivity index (χ2n) is 10.1. The first kappa shape index (κ1) is 25.0. The Bertz CT molecular complexity index is 1190. The van der Waals surface area contributed by atoms with Gasteiger partial charge in [0, 0.05) is 16.8 Å². The number of aromatic amines is 1. The van der Waals surface area contributed by atoms with Gasteiger partial charge in [0.05, 0.1) is 5.52 Å². The third kappa shape index (κ3) is 5.75. The lowest BCUT2D eigenvalue weighted by Gasteiger charge is -2.22. The predicted octanol–water partition coefficient (Wildman–Crippen LogP) is 2.73. The standard InChI is InChI=1S/C24H28ClFN4O5/c1-24(2)10-13(20(31)30-24)9-17(23(34)35)29-21(32)15(7-11-3-4-11)28-22(33)16-8-12-5-6-14(26)18(25)19(12)27-16/h5-6,8,11,13,15,17,27H,3-4,7,9-10H2,1-2H3,(H,28,33)(H,29,32)(H,30,31)(H,34,35)/t13-,15+,17+/m1/s1. The van der Waals surface area contributed by atoms with Gasteiger partial charge in [-0.05, 0) is 57.2 Å². The van der Waals surface area contributed by atoms with E-state index in [1.807, 2.05) is 13.8 Å². The minimum absolute atomic E-state index is 0.0491. The molecule has 0 bridgehead atoms. The number of hydrogen-bond acceptors (Lipinski definition) is 4. The molecule has 1 saturated carbocycles. The van der Waals surface area contributed by atoms with Gasteiger partial charge >= 0.3 is 5.97 Å². The van der Waals surface area contributed by atoms with Gasteiger partial charge in [-0.3, -0.25) is 14.4 Å². The first-order chi connectivity index (χ1) is 16.4. The number of carbonyl (C=O) groups excluding carboxylic acids is 3. The molecule has 0 unspecified atom stereocenters.